The minimum atomic E-state index is -0.125. The molecular weight excluding hydrogens is 1040 g/mol. The van der Waals surface area contributed by atoms with Crippen molar-refractivity contribution in [1.29, 1.82) is 0 Å². The van der Waals surface area contributed by atoms with Crippen LogP contribution in [0.3, 0.4) is 0 Å². The Bertz CT molecular complexity index is 4900. The molecule has 0 amide bonds. The summed E-state index contributed by atoms with van der Waals surface area (Å²) in [5, 5.41) is 2.10. The Hall–Kier alpha value is -9.77. The predicted molar refractivity (Wildman–Crippen MR) is 350 cm³/mol. The monoisotopic (exact) mass is 1100 g/mol. The van der Waals surface area contributed by atoms with Gasteiger partial charge in [-0.2, -0.15) is 0 Å². The predicted octanol–water partition coefficient (Wildman–Crippen LogP) is 20.7. The van der Waals surface area contributed by atoms with E-state index in [1.54, 1.807) is 16.7 Å². The maximum atomic E-state index is 6.27. The van der Waals surface area contributed by atoms with E-state index in [2.05, 4.69) is 250 Å². The number of nitrogens with zero attached hydrogens (tertiary/aromatic N) is 3. The van der Waals surface area contributed by atoms with Gasteiger partial charge in [0.25, 0.3) is 0 Å². The standard InChI is InChI=1S/C82H61N3O/c1-51-19-5-6-24-60(51)64-28-11-14-32-70(64)80-43-18-44-81-50-73(82(79(80)81)49-59(48-80)61-25-7-8-26-62(61)65-29-12-15-33-72(65)82)66-30-10-9-27-63(66)68-46-56(39-41-71(68)81)53-35-37-54(38-36-53)76-83-77(57-23-17-22-55(45-57)52-20-3-2-4-21-52)85-78(84-76)58-40-42-75-69(47-58)67-31-13-16-34-74(67)86-75/h2-17,19-42,45-47,59,73,79H,18,43-44,48-50H2,1H3. The molecule has 4 heteroatoms. The van der Waals surface area contributed by atoms with Gasteiger partial charge in [-0.1, -0.05) is 231 Å². The molecule has 4 bridgehead atoms. The first-order chi connectivity index (χ1) is 42.4. The molecule has 11 aromatic carbocycles. The van der Waals surface area contributed by atoms with E-state index in [9.17, 15) is 0 Å². The second kappa shape index (κ2) is 18.9. The number of hydrogen-bond acceptors (Lipinski definition) is 4. The van der Waals surface area contributed by atoms with Crippen LogP contribution >= 0.6 is 0 Å². The van der Waals surface area contributed by atoms with Gasteiger partial charge >= 0.3 is 0 Å². The molecule has 410 valence electrons. The molecule has 5 aliphatic carbocycles. The molecule has 0 saturated heterocycles. The van der Waals surface area contributed by atoms with Gasteiger partial charge in [0.05, 0.1) is 0 Å². The number of para-hydroxylation sites is 1. The molecular formula is C82H61N3O. The van der Waals surface area contributed by atoms with Crippen molar-refractivity contribution in [3.8, 4) is 89.8 Å². The molecule has 0 radical (unpaired) electrons. The van der Waals surface area contributed by atoms with E-state index < -0.39 is 0 Å². The fourth-order valence-corrected chi connectivity index (χ4v) is 18.3. The van der Waals surface area contributed by atoms with Crippen LogP contribution in [0.2, 0.25) is 0 Å². The van der Waals surface area contributed by atoms with Crippen LogP contribution in [0.1, 0.15) is 83.7 Å². The molecule has 2 aromatic heterocycles. The first-order valence-electron chi connectivity index (χ1n) is 31.0. The van der Waals surface area contributed by atoms with Crippen molar-refractivity contribution >= 4 is 21.9 Å². The van der Waals surface area contributed by atoms with Gasteiger partial charge < -0.3 is 4.42 Å². The number of hydrogen-bond donors (Lipinski definition) is 0. The topological polar surface area (TPSA) is 51.8 Å². The van der Waals surface area contributed by atoms with Crippen molar-refractivity contribution in [1.82, 2.24) is 15.0 Å². The van der Waals surface area contributed by atoms with E-state index in [-0.39, 0.29) is 16.2 Å². The molecule has 5 aliphatic rings. The molecule has 0 N–H and O–H groups in total. The zero-order valence-corrected chi connectivity index (χ0v) is 48.1. The van der Waals surface area contributed by atoms with Crippen molar-refractivity contribution in [3.05, 3.63) is 294 Å². The van der Waals surface area contributed by atoms with Crippen LogP contribution in [0.5, 0.6) is 0 Å². The smallest absolute Gasteiger partial charge is 0.164 e. The highest BCUT2D eigenvalue weighted by molar-refractivity contribution is 6.06. The lowest BCUT2D eigenvalue weighted by Gasteiger charge is -2.64. The van der Waals surface area contributed by atoms with Crippen LogP contribution in [0.4, 0.5) is 0 Å². The third-order valence-corrected chi connectivity index (χ3v) is 21.4. The first kappa shape index (κ1) is 49.6. The van der Waals surface area contributed by atoms with Gasteiger partial charge in [-0.3, -0.25) is 0 Å². The molecule has 18 rings (SSSR count). The van der Waals surface area contributed by atoms with Crippen molar-refractivity contribution in [2.24, 2.45) is 5.92 Å². The quantitative estimate of drug-likeness (QED) is 0.160. The molecule has 3 saturated carbocycles. The summed E-state index contributed by atoms with van der Waals surface area (Å²) >= 11 is 0. The van der Waals surface area contributed by atoms with Crippen LogP contribution in [-0.2, 0) is 16.2 Å². The van der Waals surface area contributed by atoms with Crippen molar-refractivity contribution in [2.75, 3.05) is 0 Å². The summed E-state index contributed by atoms with van der Waals surface area (Å²) in [6, 6.07) is 97.8. The molecule has 86 heavy (non-hydrogen) atoms. The van der Waals surface area contributed by atoms with E-state index in [0.717, 1.165) is 69.0 Å². The summed E-state index contributed by atoms with van der Waals surface area (Å²) in [6.07, 6.45) is 6.98. The Morgan fingerprint density at radius 3 is 1.66 bits per heavy atom. The third-order valence-electron chi connectivity index (χ3n) is 21.4. The van der Waals surface area contributed by atoms with Gasteiger partial charge in [0.15, 0.2) is 17.5 Å². The highest BCUT2D eigenvalue weighted by atomic mass is 16.3. The summed E-state index contributed by atoms with van der Waals surface area (Å²) < 4.78 is 6.27. The lowest BCUT2D eigenvalue weighted by atomic mass is 9.39. The second-order valence-electron chi connectivity index (χ2n) is 25.5. The Morgan fingerprint density at radius 1 is 0.349 bits per heavy atom. The van der Waals surface area contributed by atoms with E-state index in [0.29, 0.717) is 35.2 Å². The summed E-state index contributed by atoms with van der Waals surface area (Å²) in [5.41, 5.74) is 26.4. The van der Waals surface area contributed by atoms with Gasteiger partial charge in [-0.05, 0) is 182 Å². The fourth-order valence-electron chi connectivity index (χ4n) is 18.3. The second-order valence-corrected chi connectivity index (χ2v) is 25.5. The molecule has 13 aromatic rings. The minimum Gasteiger partial charge on any atom is -0.456 e. The molecule has 4 nitrogen and oxygen atoms in total. The maximum absolute atomic E-state index is 6.27. The van der Waals surface area contributed by atoms with Gasteiger partial charge in [0, 0.05) is 43.7 Å². The minimum absolute atomic E-state index is 0.0863. The summed E-state index contributed by atoms with van der Waals surface area (Å²) in [5.74, 6) is 2.94. The maximum Gasteiger partial charge on any atom is 0.164 e. The zero-order chi connectivity index (χ0) is 56.7. The summed E-state index contributed by atoms with van der Waals surface area (Å²) in [4.78, 5) is 15.8. The van der Waals surface area contributed by atoms with Crippen molar-refractivity contribution in [3.63, 3.8) is 0 Å². The molecule has 3 fully saturated rings. The lowest BCUT2D eigenvalue weighted by molar-refractivity contribution is 0.00367. The van der Waals surface area contributed by atoms with Gasteiger partial charge in [0.1, 0.15) is 11.2 Å². The van der Waals surface area contributed by atoms with Crippen LogP contribution in [0, 0.1) is 12.8 Å². The number of furan rings is 1. The van der Waals surface area contributed by atoms with E-state index >= 15 is 0 Å². The Morgan fingerprint density at radius 2 is 0.872 bits per heavy atom. The van der Waals surface area contributed by atoms with Gasteiger partial charge in [0.2, 0.25) is 0 Å². The van der Waals surface area contributed by atoms with Crippen LogP contribution in [0.25, 0.3) is 112 Å². The Kier molecular flexibility index (Phi) is 10.9. The van der Waals surface area contributed by atoms with Crippen molar-refractivity contribution < 1.29 is 4.42 Å². The summed E-state index contributed by atoms with van der Waals surface area (Å²) in [6.45, 7) is 2.31. The molecule has 0 aliphatic heterocycles. The average molecular weight is 1100 g/mol. The highest BCUT2D eigenvalue weighted by Gasteiger charge is 2.74. The van der Waals surface area contributed by atoms with E-state index in [4.69, 9.17) is 19.4 Å². The van der Waals surface area contributed by atoms with Crippen LogP contribution in [-0.4, -0.2) is 15.0 Å². The van der Waals surface area contributed by atoms with Gasteiger partial charge in [-0.15, -0.1) is 0 Å². The Balaban J connectivity index is 0.796. The fraction of sp³-hybridized carbons (Fsp3) is 0.159. The first-order valence-corrected chi connectivity index (χ1v) is 31.0. The normalized spacial score (nSPS) is 22.0. The summed E-state index contributed by atoms with van der Waals surface area (Å²) in [7, 11) is 0. The van der Waals surface area contributed by atoms with Crippen molar-refractivity contribution in [2.45, 2.75) is 73.5 Å². The number of benzene rings is 11. The molecule has 6 atom stereocenters. The molecule has 1 spiro atoms. The number of aromatic nitrogens is 3. The van der Waals surface area contributed by atoms with Crippen LogP contribution < -0.4 is 0 Å². The van der Waals surface area contributed by atoms with E-state index in [1.165, 1.54) is 80.5 Å². The number of aryl methyl sites for hydroxylation is 1. The Labute approximate surface area is 502 Å². The molecule has 2 heterocycles. The SMILES string of the molecule is Cc1ccccc1-c1ccccc1C12CCCC34CC(c5ccccc5-c5cc(-c6ccc(-c7nc(-c8cccc(-c9ccccc9)c8)nc(-c8ccc9oc%10ccccc%10c9c8)n7)cc6)ccc53)C3(CC(C1)c1ccccc1-c1ccccc13)C24. The zero-order valence-electron chi connectivity index (χ0n) is 48.1. The number of rotatable bonds is 7. The average Bonchev–Trinajstić information content (AvgIpc) is 1.45. The number of fused-ring (bicyclic) bond motifs is 12. The lowest BCUT2D eigenvalue weighted by Crippen LogP contribution is -2.60. The van der Waals surface area contributed by atoms with E-state index in [1.807, 2.05) is 18.2 Å². The van der Waals surface area contributed by atoms with Gasteiger partial charge in [-0.25, -0.2) is 15.0 Å². The molecule has 6 unspecified atom stereocenters. The van der Waals surface area contributed by atoms with Crippen LogP contribution in [0.15, 0.2) is 265 Å². The highest BCUT2D eigenvalue weighted by Crippen LogP contribution is 2.80. The largest absolute Gasteiger partial charge is 0.456 e. The third kappa shape index (κ3) is 7.19.